The first-order valence-corrected chi connectivity index (χ1v) is 6.80. The van der Waals surface area contributed by atoms with Crippen molar-refractivity contribution < 1.29 is 9.53 Å². The number of nitrogens with one attached hydrogen (secondary N) is 1. The van der Waals surface area contributed by atoms with E-state index in [0.717, 1.165) is 6.54 Å². The van der Waals surface area contributed by atoms with E-state index in [-0.39, 0.29) is 5.91 Å². The Morgan fingerprint density at radius 2 is 2.15 bits per heavy atom. The molecule has 0 aliphatic rings. The van der Waals surface area contributed by atoms with Gasteiger partial charge in [-0.3, -0.25) is 9.48 Å². The lowest BCUT2D eigenvalue weighted by molar-refractivity contribution is 0.0891. The summed E-state index contributed by atoms with van der Waals surface area (Å²) in [5, 5.41) is 7.02. The first-order chi connectivity index (χ1) is 9.47. The Balaban J connectivity index is 2.40. The van der Waals surface area contributed by atoms with Gasteiger partial charge in [0.25, 0.3) is 5.91 Å². The van der Waals surface area contributed by atoms with Crippen LogP contribution in [0.1, 0.15) is 23.1 Å². The van der Waals surface area contributed by atoms with Gasteiger partial charge < -0.3 is 20.7 Å². The van der Waals surface area contributed by atoms with Crippen LogP contribution in [-0.4, -0.2) is 61.0 Å². The number of aryl methyl sites for hydroxylation is 2. The lowest BCUT2D eigenvalue weighted by Gasteiger charge is -2.10. The van der Waals surface area contributed by atoms with Gasteiger partial charge in [-0.25, -0.2) is 0 Å². The zero-order valence-electron chi connectivity index (χ0n) is 12.8. The van der Waals surface area contributed by atoms with Crippen LogP contribution in [0.5, 0.6) is 0 Å². The average Bonchev–Trinajstić information content (AvgIpc) is 2.69. The van der Waals surface area contributed by atoms with Crippen LogP contribution in [-0.2, 0) is 11.3 Å². The second kappa shape index (κ2) is 7.86. The predicted molar refractivity (Wildman–Crippen MR) is 78.8 cm³/mol. The van der Waals surface area contributed by atoms with Gasteiger partial charge >= 0.3 is 0 Å². The van der Waals surface area contributed by atoms with Crippen LogP contribution < -0.4 is 11.1 Å². The lowest BCUT2D eigenvalue weighted by atomic mass is 10.3. The molecule has 0 radical (unpaired) electrons. The molecule has 1 aromatic heterocycles. The van der Waals surface area contributed by atoms with Crippen LogP contribution >= 0.6 is 0 Å². The third kappa shape index (κ3) is 4.50. The Morgan fingerprint density at radius 3 is 2.75 bits per heavy atom. The third-order valence-electron chi connectivity index (χ3n) is 2.90. The van der Waals surface area contributed by atoms with Crippen molar-refractivity contribution in [2.45, 2.75) is 20.4 Å². The van der Waals surface area contributed by atoms with Crippen molar-refractivity contribution in [1.29, 1.82) is 0 Å². The number of hydrogen-bond acceptors (Lipinski definition) is 5. The molecule has 20 heavy (non-hydrogen) atoms. The molecule has 0 saturated heterocycles. The van der Waals surface area contributed by atoms with Gasteiger partial charge in [0.2, 0.25) is 0 Å². The monoisotopic (exact) mass is 283 g/mol. The molecule has 0 bridgehead atoms. The van der Waals surface area contributed by atoms with E-state index in [1.807, 2.05) is 25.9 Å². The number of hydrogen-bond donors (Lipinski definition) is 2. The van der Waals surface area contributed by atoms with Gasteiger partial charge in [0.1, 0.15) is 5.69 Å². The molecule has 7 heteroatoms. The topological polar surface area (TPSA) is 85.4 Å². The van der Waals surface area contributed by atoms with Crippen LogP contribution in [0, 0.1) is 6.92 Å². The molecule has 0 saturated carbocycles. The van der Waals surface area contributed by atoms with E-state index in [2.05, 4.69) is 10.4 Å². The highest BCUT2D eigenvalue weighted by Crippen LogP contribution is 2.15. The SMILES string of the molecule is CCn1nc(C)c(N)c1C(=O)NCCOCCN(C)C. The van der Waals surface area contributed by atoms with E-state index in [1.165, 1.54) is 0 Å². The number of nitrogens with two attached hydrogens (primary N) is 1. The summed E-state index contributed by atoms with van der Waals surface area (Å²) in [6.45, 7) is 6.79. The molecule has 0 unspecified atom stereocenters. The number of nitrogens with zero attached hydrogens (tertiary/aromatic N) is 3. The number of nitrogen functional groups attached to an aromatic ring is 1. The van der Waals surface area contributed by atoms with Crippen LogP contribution in [0.15, 0.2) is 0 Å². The van der Waals surface area contributed by atoms with E-state index < -0.39 is 0 Å². The summed E-state index contributed by atoms with van der Waals surface area (Å²) in [5.74, 6) is -0.207. The number of carbonyl (C=O) groups is 1. The fourth-order valence-corrected chi connectivity index (χ4v) is 1.73. The van der Waals surface area contributed by atoms with E-state index in [9.17, 15) is 4.79 Å². The van der Waals surface area contributed by atoms with Crippen molar-refractivity contribution in [1.82, 2.24) is 20.0 Å². The molecule has 0 fully saturated rings. The molecule has 0 spiro atoms. The van der Waals surface area contributed by atoms with E-state index in [4.69, 9.17) is 10.5 Å². The molecule has 1 heterocycles. The molecule has 114 valence electrons. The minimum Gasteiger partial charge on any atom is -0.395 e. The fourth-order valence-electron chi connectivity index (χ4n) is 1.73. The van der Waals surface area contributed by atoms with Crippen molar-refractivity contribution in [3.05, 3.63) is 11.4 Å². The molecule has 1 rings (SSSR count). The first-order valence-electron chi connectivity index (χ1n) is 6.80. The zero-order valence-corrected chi connectivity index (χ0v) is 12.8. The molecule has 7 nitrogen and oxygen atoms in total. The van der Waals surface area contributed by atoms with Gasteiger partial charge in [0.15, 0.2) is 0 Å². The maximum atomic E-state index is 12.1. The summed E-state index contributed by atoms with van der Waals surface area (Å²) >= 11 is 0. The molecular formula is C13H25N5O2. The standard InChI is InChI=1S/C13H25N5O2/c1-5-18-12(11(14)10(2)16-18)13(19)15-6-8-20-9-7-17(3)4/h5-9,14H2,1-4H3,(H,15,19). The van der Waals surface area contributed by atoms with Crippen molar-refractivity contribution in [2.24, 2.45) is 0 Å². The van der Waals surface area contributed by atoms with Crippen LogP contribution in [0.2, 0.25) is 0 Å². The summed E-state index contributed by atoms with van der Waals surface area (Å²) in [4.78, 5) is 14.1. The number of aromatic nitrogens is 2. The number of rotatable bonds is 8. The van der Waals surface area contributed by atoms with Crippen molar-refractivity contribution in [3.8, 4) is 0 Å². The Morgan fingerprint density at radius 1 is 1.45 bits per heavy atom. The van der Waals surface area contributed by atoms with Gasteiger partial charge in [-0.2, -0.15) is 5.10 Å². The summed E-state index contributed by atoms with van der Waals surface area (Å²) < 4.78 is 7.03. The maximum absolute atomic E-state index is 12.1. The molecule has 3 N–H and O–H groups in total. The van der Waals surface area contributed by atoms with Gasteiger partial charge in [-0.1, -0.05) is 0 Å². The normalized spacial score (nSPS) is 11.1. The minimum atomic E-state index is -0.207. The van der Waals surface area contributed by atoms with Gasteiger partial charge in [-0.05, 0) is 27.9 Å². The van der Waals surface area contributed by atoms with Crippen molar-refractivity contribution in [2.75, 3.05) is 46.1 Å². The highest BCUT2D eigenvalue weighted by Gasteiger charge is 2.18. The number of ether oxygens (including phenoxy) is 1. The number of carbonyl (C=O) groups excluding carboxylic acids is 1. The van der Waals surface area contributed by atoms with E-state index in [0.29, 0.717) is 43.4 Å². The van der Waals surface area contributed by atoms with Crippen molar-refractivity contribution >= 4 is 11.6 Å². The quantitative estimate of drug-likeness (QED) is 0.661. The second-order valence-electron chi connectivity index (χ2n) is 4.84. The summed E-state index contributed by atoms with van der Waals surface area (Å²) in [6, 6.07) is 0. The highest BCUT2D eigenvalue weighted by atomic mass is 16.5. The predicted octanol–water partition coefficient (Wildman–Crippen LogP) is 0.102. The molecule has 0 aromatic carbocycles. The lowest BCUT2D eigenvalue weighted by Crippen LogP contribution is -2.30. The summed E-state index contributed by atoms with van der Waals surface area (Å²) in [5.41, 5.74) is 7.44. The Kier molecular flexibility index (Phi) is 6.47. The molecule has 0 aliphatic heterocycles. The molecular weight excluding hydrogens is 258 g/mol. The zero-order chi connectivity index (χ0) is 15.1. The van der Waals surface area contributed by atoms with Crippen molar-refractivity contribution in [3.63, 3.8) is 0 Å². The molecule has 0 aliphatic carbocycles. The Bertz CT molecular complexity index is 442. The average molecular weight is 283 g/mol. The van der Waals surface area contributed by atoms with Crippen LogP contribution in [0.25, 0.3) is 0 Å². The molecule has 1 amide bonds. The van der Waals surface area contributed by atoms with E-state index in [1.54, 1.807) is 11.6 Å². The number of likely N-dealkylation sites (N-methyl/N-ethyl adjacent to an activating group) is 1. The summed E-state index contributed by atoms with van der Waals surface area (Å²) in [6.07, 6.45) is 0. The highest BCUT2D eigenvalue weighted by molar-refractivity contribution is 5.97. The largest absolute Gasteiger partial charge is 0.395 e. The smallest absolute Gasteiger partial charge is 0.271 e. The Hall–Kier alpha value is -1.60. The first kappa shape index (κ1) is 16.5. The van der Waals surface area contributed by atoms with Gasteiger partial charge in [0, 0.05) is 19.6 Å². The maximum Gasteiger partial charge on any atom is 0.271 e. The molecule has 0 atom stereocenters. The summed E-state index contributed by atoms with van der Waals surface area (Å²) in [7, 11) is 3.98. The third-order valence-corrected chi connectivity index (χ3v) is 2.90. The van der Waals surface area contributed by atoms with Crippen LogP contribution in [0.3, 0.4) is 0 Å². The van der Waals surface area contributed by atoms with Crippen LogP contribution in [0.4, 0.5) is 5.69 Å². The van der Waals surface area contributed by atoms with Gasteiger partial charge in [0.05, 0.1) is 24.6 Å². The molecule has 1 aromatic rings. The number of amides is 1. The van der Waals surface area contributed by atoms with Gasteiger partial charge in [-0.15, -0.1) is 0 Å². The van der Waals surface area contributed by atoms with E-state index >= 15 is 0 Å². The Labute approximate surface area is 120 Å². The second-order valence-corrected chi connectivity index (χ2v) is 4.84. The minimum absolute atomic E-state index is 0.207. The number of anilines is 1. The fraction of sp³-hybridized carbons (Fsp3) is 0.692.